The van der Waals surface area contributed by atoms with Crippen molar-refractivity contribution >= 4 is 28.3 Å². The smallest absolute Gasteiger partial charge is 0.265 e. The van der Waals surface area contributed by atoms with Gasteiger partial charge in [-0.05, 0) is 19.1 Å². The number of nitrogens with one attached hydrogen (secondary N) is 1. The number of rotatable bonds is 4. The van der Waals surface area contributed by atoms with E-state index in [1.54, 1.807) is 30.2 Å². The molecule has 138 valence electrons. The summed E-state index contributed by atoms with van der Waals surface area (Å²) < 4.78 is 5.30. The molecule has 7 nitrogen and oxygen atoms in total. The fraction of sp³-hybridized carbons (Fsp3) is 0.389. The van der Waals surface area contributed by atoms with Gasteiger partial charge < -0.3 is 19.9 Å². The number of ether oxygens (including phenoxy) is 1. The largest absolute Gasteiger partial charge is 0.496 e. The SMILES string of the molecule is CNc1ncc(C(=O)N2CCN(C(=O)c3cccc(OC)c3C)CC2)s1. The fourth-order valence-electron chi connectivity index (χ4n) is 2.99. The summed E-state index contributed by atoms with van der Waals surface area (Å²) >= 11 is 1.34. The van der Waals surface area contributed by atoms with Crippen molar-refractivity contribution in [2.45, 2.75) is 6.92 Å². The van der Waals surface area contributed by atoms with E-state index in [1.807, 2.05) is 25.1 Å². The summed E-state index contributed by atoms with van der Waals surface area (Å²) in [6, 6.07) is 5.48. The maximum absolute atomic E-state index is 12.8. The molecule has 1 aliphatic heterocycles. The van der Waals surface area contributed by atoms with E-state index in [2.05, 4.69) is 10.3 Å². The predicted molar refractivity (Wildman–Crippen MR) is 101 cm³/mol. The van der Waals surface area contributed by atoms with Crippen molar-refractivity contribution in [2.24, 2.45) is 0 Å². The summed E-state index contributed by atoms with van der Waals surface area (Å²) in [5, 5.41) is 3.65. The zero-order chi connectivity index (χ0) is 18.7. The van der Waals surface area contributed by atoms with Crippen molar-refractivity contribution in [1.82, 2.24) is 14.8 Å². The number of methoxy groups -OCH3 is 1. The molecule has 1 saturated heterocycles. The molecule has 0 saturated carbocycles. The highest BCUT2D eigenvalue weighted by Crippen LogP contribution is 2.23. The van der Waals surface area contributed by atoms with Gasteiger partial charge in [0, 0.05) is 44.4 Å². The van der Waals surface area contributed by atoms with Crippen molar-refractivity contribution in [2.75, 3.05) is 45.7 Å². The number of hydrogen-bond donors (Lipinski definition) is 1. The number of benzene rings is 1. The molecular formula is C18H22N4O3S. The Hall–Kier alpha value is -2.61. The van der Waals surface area contributed by atoms with Gasteiger partial charge in [0.15, 0.2) is 5.13 Å². The van der Waals surface area contributed by atoms with E-state index in [-0.39, 0.29) is 11.8 Å². The Morgan fingerprint density at radius 2 is 1.81 bits per heavy atom. The molecule has 0 bridgehead atoms. The van der Waals surface area contributed by atoms with E-state index >= 15 is 0 Å². The van der Waals surface area contributed by atoms with E-state index in [0.717, 1.165) is 10.7 Å². The number of carbonyl (C=O) groups is 2. The third kappa shape index (κ3) is 3.50. The molecule has 2 aromatic rings. The van der Waals surface area contributed by atoms with Crippen molar-refractivity contribution in [3.05, 3.63) is 40.4 Å². The van der Waals surface area contributed by atoms with Gasteiger partial charge in [0.25, 0.3) is 11.8 Å². The number of nitrogens with zero attached hydrogens (tertiary/aromatic N) is 3. The molecule has 0 aliphatic carbocycles. The summed E-state index contributed by atoms with van der Waals surface area (Å²) in [5.74, 6) is 0.646. The Balaban J connectivity index is 1.65. The number of hydrogen-bond acceptors (Lipinski definition) is 6. The average Bonchev–Trinajstić information content (AvgIpc) is 3.16. The van der Waals surface area contributed by atoms with Crippen LogP contribution in [-0.4, -0.2) is 66.9 Å². The first-order chi connectivity index (χ1) is 12.5. The number of thiazole rings is 1. The van der Waals surface area contributed by atoms with E-state index in [0.29, 0.717) is 42.4 Å². The lowest BCUT2D eigenvalue weighted by atomic mass is 10.1. The van der Waals surface area contributed by atoms with Crippen LogP contribution in [0.4, 0.5) is 5.13 Å². The molecule has 0 spiro atoms. The van der Waals surface area contributed by atoms with Gasteiger partial charge in [-0.25, -0.2) is 4.98 Å². The first-order valence-electron chi connectivity index (χ1n) is 8.41. The van der Waals surface area contributed by atoms with Crippen molar-refractivity contribution in [3.8, 4) is 5.75 Å². The van der Waals surface area contributed by atoms with Crippen LogP contribution >= 0.6 is 11.3 Å². The molecule has 2 amide bonds. The number of aromatic nitrogens is 1. The molecular weight excluding hydrogens is 352 g/mol. The maximum atomic E-state index is 12.8. The summed E-state index contributed by atoms with van der Waals surface area (Å²) in [7, 11) is 3.37. The second kappa shape index (κ2) is 7.74. The Labute approximate surface area is 156 Å². The van der Waals surface area contributed by atoms with Gasteiger partial charge in [0.2, 0.25) is 0 Å². The predicted octanol–water partition coefficient (Wildman–Crippen LogP) is 2.10. The minimum absolute atomic E-state index is 0.0243. The van der Waals surface area contributed by atoms with Crippen LogP contribution in [0.15, 0.2) is 24.4 Å². The van der Waals surface area contributed by atoms with Gasteiger partial charge in [-0.2, -0.15) is 0 Å². The summed E-state index contributed by atoms with van der Waals surface area (Å²) in [6.45, 7) is 3.94. The maximum Gasteiger partial charge on any atom is 0.265 e. The molecule has 3 rings (SSSR count). The van der Waals surface area contributed by atoms with Crippen LogP contribution in [0.2, 0.25) is 0 Å². The molecule has 0 atom stereocenters. The van der Waals surface area contributed by atoms with Crippen LogP contribution in [-0.2, 0) is 0 Å². The minimum atomic E-state index is -0.0336. The molecule has 0 radical (unpaired) electrons. The van der Waals surface area contributed by atoms with Gasteiger partial charge in [-0.1, -0.05) is 17.4 Å². The molecule has 8 heteroatoms. The van der Waals surface area contributed by atoms with Crippen LogP contribution in [0.3, 0.4) is 0 Å². The second-order valence-electron chi connectivity index (χ2n) is 6.00. The Morgan fingerprint density at radius 3 is 2.38 bits per heavy atom. The summed E-state index contributed by atoms with van der Waals surface area (Å²) in [5.41, 5.74) is 1.48. The zero-order valence-corrected chi connectivity index (χ0v) is 15.9. The van der Waals surface area contributed by atoms with Crippen LogP contribution in [0.25, 0.3) is 0 Å². The van der Waals surface area contributed by atoms with Gasteiger partial charge in [0.05, 0.1) is 13.3 Å². The van der Waals surface area contributed by atoms with E-state index in [9.17, 15) is 9.59 Å². The highest BCUT2D eigenvalue weighted by atomic mass is 32.1. The van der Waals surface area contributed by atoms with Crippen LogP contribution < -0.4 is 10.1 Å². The number of amides is 2. The average molecular weight is 374 g/mol. The monoisotopic (exact) mass is 374 g/mol. The third-order valence-electron chi connectivity index (χ3n) is 4.52. The Bertz CT molecular complexity index is 813. The molecule has 0 unspecified atom stereocenters. The quantitative estimate of drug-likeness (QED) is 0.887. The van der Waals surface area contributed by atoms with Crippen molar-refractivity contribution in [1.29, 1.82) is 0 Å². The Morgan fingerprint density at radius 1 is 1.15 bits per heavy atom. The highest BCUT2D eigenvalue weighted by molar-refractivity contribution is 7.17. The van der Waals surface area contributed by atoms with Crippen molar-refractivity contribution < 1.29 is 14.3 Å². The van der Waals surface area contributed by atoms with Gasteiger partial charge in [-0.3, -0.25) is 9.59 Å². The molecule has 1 aliphatic rings. The second-order valence-corrected chi connectivity index (χ2v) is 7.03. The number of carbonyl (C=O) groups excluding carboxylic acids is 2. The van der Waals surface area contributed by atoms with E-state index in [1.165, 1.54) is 11.3 Å². The van der Waals surface area contributed by atoms with E-state index in [4.69, 9.17) is 4.74 Å². The lowest BCUT2D eigenvalue weighted by Crippen LogP contribution is -2.50. The first-order valence-corrected chi connectivity index (χ1v) is 9.22. The van der Waals surface area contributed by atoms with Crippen LogP contribution in [0.5, 0.6) is 5.75 Å². The molecule has 1 N–H and O–H groups in total. The molecule has 1 aromatic carbocycles. The molecule has 2 heterocycles. The Kier molecular flexibility index (Phi) is 5.41. The standard InChI is InChI=1S/C18H22N4O3S/c1-12-13(5-4-6-14(12)25-3)16(23)21-7-9-22(10-8-21)17(24)15-11-20-18(19-2)26-15/h4-6,11H,7-10H2,1-3H3,(H,19,20). The van der Waals surface area contributed by atoms with E-state index < -0.39 is 0 Å². The van der Waals surface area contributed by atoms with Crippen LogP contribution in [0.1, 0.15) is 25.6 Å². The fourth-order valence-corrected chi connectivity index (χ4v) is 3.73. The highest BCUT2D eigenvalue weighted by Gasteiger charge is 2.27. The van der Waals surface area contributed by atoms with Crippen molar-refractivity contribution in [3.63, 3.8) is 0 Å². The van der Waals surface area contributed by atoms with Gasteiger partial charge in [0.1, 0.15) is 10.6 Å². The normalized spacial score (nSPS) is 14.3. The molecule has 1 fully saturated rings. The third-order valence-corrected chi connectivity index (χ3v) is 5.52. The lowest BCUT2D eigenvalue weighted by Gasteiger charge is -2.34. The lowest BCUT2D eigenvalue weighted by molar-refractivity contribution is 0.0537. The van der Waals surface area contributed by atoms with Crippen LogP contribution in [0, 0.1) is 6.92 Å². The van der Waals surface area contributed by atoms with Gasteiger partial charge in [-0.15, -0.1) is 0 Å². The van der Waals surface area contributed by atoms with Gasteiger partial charge >= 0.3 is 0 Å². The molecule has 1 aromatic heterocycles. The molecule has 26 heavy (non-hydrogen) atoms. The zero-order valence-electron chi connectivity index (χ0n) is 15.1. The number of piperazine rings is 1. The number of anilines is 1. The first kappa shape index (κ1) is 18.2. The minimum Gasteiger partial charge on any atom is -0.496 e. The topological polar surface area (TPSA) is 74.8 Å². The summed E-state index contributed by atoms with van der Waals surface area (Å²) in [4.78, 5) is 33.7. The summed E-state index contributed by atoms with van der Waals surface area (Å²) in [6.07, 6.45) is 1.59.